The number of rotatable bonds is 55. The molecular formula is C69H114O6. The fraction of sp³-hybridized carbons (Fsp3) is 0.667. The summed E-state index contributed by atoms with van der Waals surface area (Å²) in [5.41, 5.74) is 0. The molecule has 0 amide bonds. The van der Waals surface area contributed by atoms with Gasteiger partial charge >= 0.3 is 17.9 Å². The third kappa shape index (κ3) is 60.6. The lowest BCUT2D eigenvalue weighted by molar-refractivity contribution is -0.167. The average Bonchev–Trinajstić information content (AvgIpc) is 3.41. The molecule has 0 aliphatic rings. The van der Waals surface area contributed by atoms with Crippen LogP contribution in [0.4, 0.5) is 0 Å². The van der Waals surface area contributed by atoms with Crippen molar-refractivity contribution in [2.24, 2.45) is 0 Å². The Balaban J connectivity index is 4.20. The number of ether oxygens (including phenoxy) is 3. The van der Waals surface area contributed by atoms with Crippen LogP contribution >= 0.6 is 0 Å². The van der Waals surface area contributed by atoms with Gasteiger partial charge < -0.3 is 14.2 Å². The van der Waals surface area contributed by atoms with E-state index in [4.69, 9.17) is 14.2 Å². The van der Waals surface area contributed by atoms with Gasteiger partial charge in [0.05, 0.1) is 0 Å². The second-order valence-electron chi connectivity index (χ2n) is 20.2. The lowest BCUT2D eigenvalue weighted by Gasteiger charge is -2.18. The molecule has 0 N–H and O–H groups in total. The van der Waals surface area contributed by atoms with Gasteiger partial charge in [-0.3, -0.25) is 14.4 Å². The van der Waals surface area contributed by atoms with Crippen LogP contribution in [0.25, 0.3) is 0 Å². The van der Waals surface area contributed by atoms with Crippen molar-refractivity contribution < 1.29 is 28.6 Å². The number of allylic oxidation sites excluding steroid dienone is 20. The molecule has 0 saturated heterocycles. The summed E-state index contributed by atoms with van der Waals surface area (Å²) in [5.74, 6) is -0.959. The molecule has 0 aliphatic carbocycles. The maximum absolute atomic E-state index is 12.8. The lowest BCUT2D eigenvalue weighted by atomic mass is 10.0. The molecule has 0 aromatic rings. The summed E-state index contributed by atoms with van der Waals surface area (Å²) in [6.07, 6.45) is 86.6. The molecular weight excluding hydrogens is 925 g/mol. The number of carbonyl (C=O) groups is 3. The van der Waals surface area contributed by atoms with E-state index in [0.29, 0.717) is 19.3 Å². The van der Waals surface area contributed by atoms with Crippen molar-refractivity contribution in [3.8, 4) is 0 Å². The molecule has 0 bridgehead atoms. The SMILES string of the molecule is CC/C=C\C/C=C\C/C=C\C/C=C\C/C=C\CCCCCCCCCCCCCCCCCC(=O)OCC(COC(=O)CCCCCCCCCCC)OC(=O)CCC/C=C\C/C=C\C/C=C\C/C=C\C/C=C\CC. The van der Waals surface area contributed by atoms with Crippen molar-refractivity contribution in [1.29, 1.82) is 0 Å². The molecule has 0 aromatic carbocycles. The predicted molar refractivity (Wildman–Crippen MR) is 325 cm³/mol. The largest absolute Gasteiger partial charge is 0.462 e. The third-order valence-corrected chi connectivity index (χ3v) is 13.0. The van der Waals surface area contributed by atoms with E-state index in [9.17, 15) is 14.4 Å². The fourth-order valence-electron chi connectivity index (χ4n) is 8.39. The summed E-state index contributed by atoms with van der Waals surface area (Å²) in [4.78, 5) is 38.1. The normalized spacial score (nSPS) is 12.9. The van der Waals surface area contributed by atoms with Gasteiger partial charge in [-0.1, -0.05) is 277 Å². The first-order chi connectivity index (χ1) is 37.0. The summed E-state index contributed by atoms with van der Waals surface area (Å²) in [6.45, 7) is 6.35. The highest BCUT2D eigenvalue weighted by molar-refractivity contribution is 5.71. The van der Waals surface area contributed by atoms with Crippen molar-refractivity contribution in [3.05, 3.63) is 122 Å². The first-order valence-electron chi connectivity index (χ1n) is 31.0. The number of esters is 3. The summed E-state index contributed by atoms with van der Waals surface area (Å²) >= 11 is 0. The topological polar surface area (TPSA) is 78.9 Å². The van der Waals surface area contributed by atoms with Gasteiger partial charge in [0.15, 0.2) is 6.10 Å². The molecule has 1 atom stereocenters. The molecule has 0 aliphatic heterocycles. The summed E-state index contributed by atoms with van der Waals surface area (Å²) in [5, 5.41) is 0. The highest BCUT2D eigenvalue weighted by Gasteiger charge is 2.19. The van der Waals surface area contributed by atoms with E-state index in [-0.39, 0.29) is 37.5 Å². The molecule has 0 fully saturated rings. The Morgan fingerprint density at radius 2 is 0.533 bits per heavy atom. The number of hydrogen-bond donors (Lipinski definition) is 0. The quantitative estimate of drug-likeness (QED) is 0.0261. The maximum Gasteiger partial charge on any atom is 0.306 e. The maximum atomic E-state index is 12.8. The molecule has 6 nitrogen and oxygen atoms in total. The minimum Gasteiger partial charge on any atom is -0.462 e. The average molecular weight is 1040 g/mol. The van der Waals surface area contributed by atoms with Crippen molar-refractivity contribution in [3.63, 3.8) is 0 Å². The van der Waals surface area contributed by atoms with Crippen LogP contribution in [0.15, 0.2) is 122 Å². The fourth-order valence-corrected chi connectivity index (χ4v) is 8.39. The first-order valence-corrected chi connectivity index (χ1v) is 31.0. The van der Waals surface area contributed by atoms with Gasteiger partial charge in [-0.25, -0.2) is 0 Å². The van der Waals surface area contributed by atoms with Crippen molar-refractivity contribution in [2.75, 3.05) is 13.2 Å². The van der Waals surface area contributed by atoms with Crippen LogP contribution in [0.2, 0.25) is 0 Å². The number of carbonyl (C=O) groups excluding carboxylic acids is 3. The Morgan fingerprint density at radius 1 is 0.280 bits per heavy atom. The van der Waals surface area contributed by atoms with E-state index in [2.05, 4.69) is 142 Å². The Bertz CT molecular complexity index is 1570. The summed E-state index contributed by atoms with van der Waals surface area (Å²) in [6, 6.07) is 0. The predicted octanol–water partition coefficient (Wildman–Crippen LogP) is 21.2. The van der Waals surface area contributed by atoms with Crippen LogP contribution in [-0.4, -0.2) is 37.2 Å². The summed E-state index contributed by atoms with van der Waals surface area (Å²) < 4.78 is 16.8. The minimum atomic E-state index is -0.807. The lowest BCUT2D eigenvalue weighted by Crippen LogP contribution is -2.30. The molecule has 0 saturated carbocycles. The highest BCUT2D eigenvalue weighted by atomic mass is 16.6. The Labute approximate surface area is 462 Å². The standard InChI is InChI=1S/C69H114O6/c1-4-7-10-13-16-19-21-23-25-27-28-29-30-31-32-33-34-35-36-37-38-39-40-42-43-45-47-50-53-56-59-62-68(71)74-65-66(64-73-67(70)61-58-55-52-49-18-15-12-9-6-3)75-69(72)63-60-57-54-51-48-46-44-41-26-24-22-20-17-14-11-8-5-2/h7-8,10-11,16-17,19-20,23-26,28-29,31-32,44,46,51,54,66H,4-6,9,12-15,18,21-22,27,30,33-43,45,47-50,52-53,55-65H2,1-3H3/b10-7-,11-8-,19-16-,20-17-,25-23-,26-24-,29-28-,32-31-,46-44-,54-51-. The Kier molecular flexibility index (Phi) is 58.9. The van der Waals surface area contributed by atoms with Gasteiger partial charge in [-0.05, 0) is 103 Å². The molecule has 75 heavy (non-hydrogen) atoms. The molecule has 0 radical (unpaired) electrons. The van der Waals surface area contributed by atoms with Crippen LogP contribution in [0.5, 0.6) is 0 Å². The number of unbranched alkanes of at least 4 members (excludes halogenated alkanes) is 24. The van der Waals surface area contributed by atoms with Gasteiger partial charge in [-0.2, -0.15) is 0 Å². The third-order valence-electron chi connectivity index (χ3n) is 13.0. The molecule has 0 spiro atoms. The van der Waals surface area contributed by atoms with Crippen molar-refractivity contribution in [2.45, 2.75) is 284 Å². The van der Waals surface area contributed by atoms with Crippen LogP contribution in [0, 0.1) is 0 Å². The van der Waals surface area contributed by atoms with Crippen LogP contribution in [0.1, 0.15) is 278 Å². The van der Waals surface area contributed by atoms with Gasteiger partial charge in [0.2, 0.25) is 0 Å². The second-order valence-corrected chi connectivity index (χ2v) is 20.2. The zero-order valence-corrected chi connectivity index (χ0v) is 48.8. The second kappa shape index (κ2) is 62.4. The van der Waals surface area contributed by atoms with E-state index < -0.39 is 6.10 Å². The zero-order valence-electron chi connectivity index (χ0n) is 48.8. The molecule has 1 unspecified atom stereocenters. The number of hydrogen-bond acceptors (Lipinski definition) is 6. The molecule has 426 valence electrons. The van der Waals surface area contributed by atoms with Crippen molar-refractivity contribution in [1.82, 2.24) is 0 Å². The van der Waals surface area contributed by atoms with E-state index in [1.807, 2.05) is 0 Å². The van der Waals surface area contributed by atoms with E-state index in [0.717, 1.165) is 109 Å². The highest BCUT2D eigenvalue weighted by Crippen LogP contribution is 2.16. The zero-order chi connectivity index (χ0) is 54.3. The first kappa shape index (κ1) is 70.8. The molecule has 0 aromatic heterocycles. The van der Waals surface area contributed by atoms with Crippen LogP contribution in [0.3, 0.4) is 0 Å². The molecule has 6 heteroatoms. The Morgan fingerprint density at radius 3 is 0.853 bits per heavy atom. The monoisotopic (exact) mass is 1040 g/mol. The van der Waals surface area contributed by atoms with Gasteiger partial charge in [-0.15, -0.1) is 0 Å². The van der Waals surface area contributed by atoms with Gasteiger partial charge in [0, 0.05) is 19.3 Å². The van der Waals surface area contributed by atoms with E-state index in [1.54, 1.807) is 0 Å². The van der Waals surface area contributed by atoms with Crippen LogP contribution in [-0.2, 0) is 28.6 Å². The summed E-state index contributed by atoms with van der Waals surface area (Å²) in [7, 11) is 0. The Hall–Kier alpha value is -4.19. The molecule has 0 heterocycles. The van der Waals surface area contributed by atoms with E-state index >= 15 is 0 Å². The van der Waals surface area contributed by atoms with Gasteiger partial charge in [0.25, 0.3) is 0 Å². The van der Waals surface area contributed by atoms with Crippen LogP contribution < -0.4 is 0 Å². The smallest absolute Gasteiger partial charge is 0.306 e. The van der Waals surface area contributed by atoms with E-state index in [1.165, 1.54) is 122 Å². The van der Waals surface area contributed by atoms with Gasteiger partial charge in [0.1, 0.15) is 13.2 Å². The van der Waals surface area contributed by atoms with Crippen molar-refractivity contribution >= 4 is 17.9 Å². The minimum absolute atomic E-state index is 0.0997. The molecule has 0 rings (SSSR count).